The predicted octanol–water partition coefficient (Wildman–Crippen LogP) is 3.23. The average molecular weight is 295 g/mol. The zero-order valence-electron chi connectivity index (χ0n) is 12.7. The molecular formula is C15H25N3OS. The van der Waals surface area contributed by atoms with Crippen molar-refractivity contribution in [3.63, 3.8) is 0 Å². The third-order valence-electron chi connectivity index (χ3n) is 3.95. The summed E-state index contributed by atoms with van der Waals surface area (Å²) in [6.07, 6.45) is 6.08. The summed E-state index contributed by atoms with van der Waals surface area (Å²) in [7, 11) is 0. The zero-order chi connectivity index (χ0) is 14.5. The number of nitrogens with zero attached hydrogens (tertiary/aromatic N) is 2. The molecule has 5 heteroatoms. The van der Waals surface area contributed by atoms with Gasteiger partial charge in [0.05, 0.1) is 11.4 Å². The topological polar surface area (TPSA) is 46.9 Å². The highest BCUT2D eigenvalue weighted by Gasteiger charge is 2.23. The van der Waals surface area contributed by atoms with Crippen LogP contribution in [-0.2, 0) is 4.79 Å². The predicted molar refractivity (Wildman–Crippen MR) is 83.2 cm³/mol. The Morgan fingerprint density at radius 2 is 2.10 bits per heavy atom. The molecule has 1 aliphatic carbocycles. The first-order chi connectivity index (χ1) is 9.63. The van der Waals surface area contributed by atoms with Gasteiger partial charge in [-0.25, -0.2) is 4.98 Å². The van der Waals surface area contributed by atoms with Gasteiger partial charge in [-0.2, -0.15) is 0 Å². The fourth-order valence-electron chi connectivity index (χ4n) is 2.74. The van der Waals surface area contributed by atoms with Gasteiger partial charge >= 0.3 is 0 Å². The summed E-state index contributed by atoms with van der Waals surface area (Å²) >= 11 is 1.57. The van der Waals surface area contributed by atoms with Crippen LogP contribution in [0.2, 0.25) is 0 Å². The van der Waals surface area contributed by atoms with Gasteiger partial charge < -0.3 is 9.88 Å². The fraction of sp³-hybridized carbons (Fsp3) is 0.733. The number of aromatic nitrogens is 2. The molecular weight excluding hydrogens is 270 g/mol. The zero-order valence-corrected chi connectivity index (χ0v) is 13.6. The van der Waals surface area contributed by atoms with E-state index in [1.807, 2.05) is 0 Å². The van der Waals surface area contributed by atoms with Gasteiger partial charge in [-0.15, -0.1) is 0 Å². The third-order valence-corrected chi connectivity index (χ3v) is 4.90. The Bertz CT molecular complexity index is 464. The van der Waals surface area contributed by atoms with E-state index in [-0.39, 0.29) is 5.91 Å². The molecule has 0 radical (unpaired) electrons. The summed E-state index contributed by atoms with van der Waals surface area (Å²) in [6, 6.07) is 0.581. The SMILES string of the molecule is CCCNC(=O)CSc1nc(C)c(C)n1C1CCCC1. The molecule has 0 unspecified atom stereocenters. The van der Waals surface area contributed by atoms with Crippen molar-refractivity contribution in [3.05, 3.63) is 11.4 Å². The van der Waals surface area contributed by atoms with Crippen LogP contribution in [0.25, 0.3) is 0 Å². The van der Waals surface area contributed by atoms with Crippen LogP contribution in [-0.4, -0.2) is 27.8 Å². The monoisotopic (exact) mass is 295 g/mol. The molecule has 20 heavy (non-hydrogen) atoms. The van der Waals surface area contributed by atoms with Crippen LogP contribution in [0.15, 0.2) is 5.16 Å². The highest BCUT2D eigenvalue weighted by Crippen LogP contribution is 2.35. The smallest absolute Gasteiger partial charge is 0.230 e. The second-order valence-corrected chi connectivity index (χ2v) is 6.45. The molecule has 112 valence electrons. The van der Waals surface area contributed by atoms with E-state index in [9.17, 15) is 4.79 Å². The molecule has 1 aromatic heterocycles. The van der Waals surface area contributed by atoms with Crippen LogP contribution >= 0.6 is 11.8 Å². The lowest BCUT2D eigenvalue weighted by atomic mass is 10.2. The van der Waals surface area contributed by atoms with E-state index in [4.69, 9.17) is 0 Å². The molecule has 1 saturated carbocycles. The molecule has 2 rings (SSSR count). The van der Waals surface area contributed by atoms with Crippen LogP contribution in [0.1, 0.15) is 56.5 Å². The van der Waals surface area contributed by atoms with E-state index in [0.29, 0.717) is 11.8 Å². The minimum Gasteiger partial charge on any atom is -0.355 e. The minimum absolute atomic E-state index is 0.105. The Morgan fingerprint density at radius 1 is 1.40 bits per heavy atom. The Morgan fingerprint density at radius 3 is 2.75 bits per heavy atom. The summed E-state index contributed by atoms with van der Waals surface area (Å²) < 4.78 is 2.36. The summed E-state index contributed by atoms with van der Waals surface area (Å²) in [5.74, 6) is 0.566. The van der Waals surface area contributed by atoms with Crippen LogP contribution in [0, 0.1) is 13.8 Å². The highest BCUT2D eigenvalue weighted by molar-refractivity contribution is 7.99. The van der Waals surface area contributed by atoms with Crippen LogP contribution in [0.3, 0.4) is 0 Å². The van der Waals surface area contributed by atoms with E-state index in [1.165, 1.54) is 31.4 Å². The van der Waals surface area contributed by atoms with Gasteiger partial charge in [0.1, 0.15) is 0 Å². The second kappa shape index (κ2) is 7.16. The molecule has 1 N–H and O–H groups in total. The van der Waals surface area contributed by atoms with Gasteiger partial charge in [-0.1, -0.05) is 31.5 Å². The number of amides is 1. The molecule has 1 heterocycles. The quantitative estimate of drug-likeness (QED) is 0.820. The van der Waals surface area contributed by atoms with E-state index < -0.39 is 0 Å². The summed E-state index contributed by atoms with van der Waals surface area (Å²) in [5.41, 5.74) is 2.35. The number of thioether (sulfide) groups is 1. The number of imidazole rings is 1. The Labute approximate surface area is 125 Å². The van der Waals surface area contributed by atoms with Crippen molar-refractivity contribution in [1.82, 2.24) is 14.9 Å². The van der Waals surface area contributed by atoms with Gasteiger partial charge in [-0.05, 0) is 33.1 Å². The summed E-state index contributed by atoms with van der Waals surface area (Å²) in [6.45, 7) is 7.02. The second-order valence-electron chi connectivity index (χ2n) is 5.51. The molecule has 0 bridgehead atoms. The lowest BCUT2D eigenvalue weighted by molar-refractivity contribution is -0.118. The summed E-state index contributed by atoms with van der Waals surface area (Å²) in [4.78, 5) is 16.4. The van der Waals surface area contributed by atoms with E-state index in [1.54, 1.807) is 11.8 Å². The van der Waals surface area contributed by atoms with Crippen molar-refractivity contribution in [1.29, 1.82) is 0 Å². The normalized spacial score (nSPS) is 15.8. The molecule has 1 aliphatic rings. The molecule has 1 amide bonds. The summed E-state index contributed by atoms with van der Waals surface area (Å²) in [5, 5.41) is 3.93. The number of hydrogen-bond acceptors (Lipinski definition) is 3. The first-order valence-electron chi connectivity index (χ1n) is 7.58. The molecule has 4 nitrogen and oxygen atoms in total. The number of nitrogens with one attached hydrogen (secondary N) is 1. The van der Waals surface area contributed by atoms with Gasteiger partial charge in [-0.3, -0.25) is 4.79 Å². The van der Waals surface area contributed by atoms with Crippen molar-refractivity contribution in [2.75, 3.05) is 12.3 Å². The number of carbonyl (C=O) groups excluding carboxylic acids is 1. The van der Waals surface area contributed by atoms with Crippen molar-refractivity contribution < 1.29 is 4.79 Å². The first-order valence-corrected chi connectivity index (χ1v) is 8.57. The van der Waals surface area contributed by atoms with Gasteiger partial charge in [0, 0.05) is 18.3 Å². The standard InChI is InChI=1S/C15H25N3OS/c1-4-9-16-14(19)10-20-15-17-11(2)12(3)18(15)13-7-5-6-8-13/h13H,4-10H2,1-3H3,(H,16,19). The Hall–Kier alpha value is -0.970. The van der Waals surface area contributed by atoms with Crippen molar-refractivity contribution in [2.45, 2.75) is 64.1 Å². The van der Waals surface area contributed by atoms with Crippen LogP contribution in [0.4, 0.5) is 0 Å². The molecule has 0 spiro atoms. The lowest BCUT2D eigenvalue weighted by Crippen LogP contribution is -2.25. The molecule has 0 saturated heterocycles. The number of carbonyl (C=O) groups is 1. The number of rotatable bonds is 6. The van der Waals surface area contributed by atoms with Gasteiger partial charge in [0.2, 0.25) is 5.91 Å². The van der Waals surface area contributed by atoms with E-state index in [2.05, 4.69) is 35.6 Å². The Kier molecular flexibility index (Phi) is 5.52. The molecule has 0 aliphatic heterocycles. The first kappa shape index (κ1) is 15.4. The molecule has 1 aromatic rings. The Balaban J connectivity index is 2.03. The molecule has 0 aromatic carbocycles. The van der Waals surface area contributed by atoms with E-state index >= 15 is 0 Å². The minimum atomic E-state index is 0.105. The van der Waals surface area contributed by atoms with Gasteiger partial charge in [0.15, 0.2) is 5.16 Å². The highest BCUT2D eigenvalue weighted by atomic mass is 32.2. The lowest BCUT2D eigenvalue weighted by Gasteiger charge is -2.16. The van der Waals surface area contributed by atoms with Crippen molar-refractivity contribution >= 4 is 17.7 Å². The van der Waals surface area contributed by atoms with Crippen molar-refractivity contribution in [2.24, 2.45) is 0 Å². The van der Waals surface area contributed by atoms with E-state index in [0.717, 1.165) is 23.8 Å². The molecule has 0 atom stereocenters. The van der Waals surface area contributed by atoms with Gasteiger partial charge in [0.25, 0.3) is 0 Å². The molecule has 1 fully saturated rings. The third kappa shape index (κ3) is 3.57. The van der Waals surface area contributed by atoms with Crippen LogP contribution < -0.4 is 5.32 Å². The maximum Gasteiger partial charge on any atom is 0.230 e. The maximum atomic E-state index is 11.7. The number of aryl methyl sites for hydroxylation is 1. The largest absolute Gasteiger partial charge is 0.355 e. The van der Waals surface area contributed by atoms with Crippen molar-refractivity contribution in [3.8, 4) is 0 Å². The maximum absolute atomic E-state index is 11.7. The average Bonchev–Trinajstić information content (AvgIpc) is 3.03. The van der Waals surface area contributed by atoms with Crippen LogP contribution in [0.5, 0.6) is 0 Å². The fourth-order valence-corrected chi connectivity index (χ4v) is 3.72. The number of hydrogen-bond donors (Lipinski definition) is 1.